The van der Waals surface area contributed by atoms with Crippen LogP contribution in [0.5, 0.6) is 0 Å². The topological polar surface area (TPSA) is 113 Å². The van der Waals surface area contributed by atoms with Gasteiger partial charge in [0, 0.05) is 85.7 Å². The molecule has 9 heteroatoms. The van der Waals surface area contributed by atoms with E-state index >= 15 is 0 Å². The number of aromatic nitrogens is 4. The summed E-state index contributed by atoms with van der Waals surface area (Å²) in [5.41, 5.74) is 11.4. The predicted molar refractivity (Wildman–Crippen MR) is 160 cm³/mol. The number of nitrogens with zero attached hydrogens (tertiary/aromatic N) is 5. The van der Waals surface area contributed by atoms with Crippen molar-refractivity contribution in [1.29, 1.82) is 0 Å². The molecule has 1 fully saturated rings. The molecule has 0 bridgehead atoms. The van der Waals surface area contributed by atoms with E-state index in [0.717, 1.165) is 71.8 Å². The second kappa shape index (κ2) is 11.7. The molecule has 3 aromatic heterocycles. The van der Waals surface area contributed by atoms with Gasteiger partial charge in [-0.25, -0.2) is 4.98 Å². The Bertz CT molecular complexity index is 1560. The van der Waals surface area contributed by atoms with E-state index in [1.807, 2.05) is 36.9 Å². The molecule has 4 heterocycles. The SMILES string of the molecule is Cc1cc(C)c(CCC(=O)c2cc(-c3ccc(N4CCN(CCN)CC4)nc3)cc3c2cnn3C(C)C)c(=O)[nH]1. The van der Waals surface area contributed by atoms with Gasteiger partial charge in [-0.3, -0.25) is 19.2 Å². The minimum absolute atomic E-state index is 0.00513. The molecular formula is C31H39N7O2. The van der Waals surface area contributed by atoms with E-state index in [1.54, 1.807) is 6.20 Å². The van der Waals surface area contributed by atoms with Gasteiger partial charge in [-0.1, -0.05) is 0 Å². The Balaban J connectivity index is 1.43. The van der Waals surface area contributed by atoms with Gasteiger partial charge in [-0.05, 0) is 75.6 Å². The van der Waals surface area contributed by atoms with Gasteiger partial charge in [0.25, 0.3) is 5.56 Å². The summed E-state index contributed by atoms with van der Waals surface area (Å²) in [6.45, 7) is 13.4. The van der Waals surface area contributed by atoms with E-state index < -0.39 is 0 Å². The first-order chi connectivity index (χ1) is 19.2. The van der Waals surface area contributed by atoms with Crippen LogP contribution in [0.4, 0.5) is 5.82 Å². The maximum Gasteiger partial charge on any atom is 0.251 e. The predicted octanol–water partition coefficient (Wildman–Crippen LogP) is 3.88. The van der Waals surface area contributed by atoms with Gasteiger partial charge in [-0.15, -0.1) is 0 Å². The maximum absolute atomic E-state index is 13.6. The molecule has 0 aliphatic carbocycles. The summed E-state index contributed by atoms with van der Waals surface area (Å²) in [5, 5.41) is 5.43. The first-order valence-electron chi connectivity index (χ1n) is 14.1. The number of fused-ring (bicyclic) bond motifs is 1. The first kappa shape index (κ1) is 27.7. The monoisotopic (exact) mass is 541 g/mol. The summed E-state index contributed by atoms with van der Waals surface area (Å²) in [5.74, 6) is 0.953. The number of Topliss-reactive ketones (excluding diaryl/α,β-unsaturated/α-hetero) is 1. The lowest BCUT2D eigenvalue weighted by Crippen LogP contribution is -2.48. The minimum Gasteiger partial charge on any atom is -0.354 e. The normalized spacial score (nSPS) is 14.4. The van der Waals surface area contributed by atoms with Gasteiger partial charge >= 0.3 is 0 Å². The standard InChI is InChI=1S/C31H39N7O2/c1-20(2)38-28-17-24(23-5-8-30(33-18-23)37-13-11-36(10-9-32)12-14-37)16-26(27(28)19-34-38)29(39)7-6-25-21(3)15-22(4)35-31(25)40/h5,8,15-20H,6-7,9-14,32H2,1-4H3,(H,35,40). The molecule has 0 radical (unpaired) electrons. The van der Waals surface area contributed by atoms with Crippen molar-refractivity contribution in [3.05, 3.63) is 75.5 Å². The van der Waals surface area contributed by atoms with Crippen LogP contribution in [0.25, 0.3) is 22.0 Å². The third-order valence-electron chi connectivity index (χ3n) is 7.82. The number of nitrogens with two attached hydrogens (primary N) is 1. The molecule has 0 amide bonds. The Morgan fingerprint density at radius 1 is 1.05 bits per heavy atom. The molecule has 1 aliphatic heterocycles. The van der Waals surface area contributed by atoms with Gasteiger partial charge in [0.05, 0.1) is 11.7 Å². The number of hydrogen-bond donors (Lipinski definition) is 2. The van der Waals surface area contributed by atoms with E-state index in [4.69, 9.17) is 10.7 Å². The second-order valence-corrected chi connectivity index (χ2v) is 11.0. The highest BCUT2D eigenvalue weighted by Crippen LogP contribution is 2.31. The van der Waals surface area contributed by atoms with Crippen LogP contribution in [0.3, 0.4) is 0 Å². The molecule has 4 aromatic rings. The molecule has 3 N–H and O–H groups in total. The lowest BCUT2D eigenvalue weighted by molar-refractivity contribution is 0.0984. The number of aryl methyl sites for hydroxylation is 2. The fourth-order valence-electron chi connectivity index (χ4n) is 5.65. The molecular weight excluding hydrogens is 502 g/mol. The van der Waals surface area contributed by atoms with Crippen LogP contribution in [-0.2, 0) is 6.42 Å². The highest BCUT2D eigenvalue weighted by Gasteiger charge is 2.20. The Morgan fingerprint density at radius 2 is 1.82 bits per heavy atom. The van der Waals surface area contributed by atoms with Gasteiger partial charge in [-0.2, -0.15) is 5.10 Å². The number of anilines is 1. The van der Waals surface area contributed by atoms with Crippen LogP contribution in [0.1, 0.15) is 53.5 Å². The van der Waals surface area contributed by atoms with Gasteiger partial charge < -0.3 is 15.6 Å². The molecule has 1 aromatic carbocycles. The number of piperazine rings is 1. The van der Waals surface area contributed by atoms with Crippen molar-refractivity contribution in [2.24, 2.45) is 5.73 Å². The number of carbonyl (C=O) groups excluding carboxylic acids is 1. The molecule has 1 aliphatic rings. The maximum atomic E-state index is 13.6. The van der Waals surface area contributed by atoms with Gasteiger partial charge in [0.15, 0.2) is 5.78 Å². The number of hydrogen-bond acceptors (Lipinski definition) is 7. The number of H-pyrrole nitrogens is 1. The van der Waals surface area contributed by atoms with Crippen LogP contribution in [0, 0.1) is 13.8 Å². The number of carbonyl (C=O) groups is 1. The summed E-state index contributed by atoms with van der Waals surface area (Å²) in [6.07, 6.45) is 4.30. The van der Waals surface area contributed by atoms with Crippen molar-refractivity contribution >= 4 is 22.5 Å². The van der Waals surface area contributed by atoms with Crippen molar-refractivity contribution in [3.8, 4) is 11.1 Å². The lowest BCUT2D eigenvalue weighted by Gasteiger charge is -2.35. The quantitative estimate of drug-likeness (QED) is 0.309. The first-order valence-corrected chi connectivity index (χ1v) is 14.1. The molecule has 40 heavy (non-hydrogen) atoms. The summed E-state index contributed by atoms with van der Waals surface area (Å²) < 4.78 is 1.95. The average molecular weight is 542 g/mol. The number of ketones is 1. The Labute approximate surface area is 235 Å². The van der Waals surface area contributed by atoms with Crippen LogP contribution in [0.2, 0.25) is 0 Å². The number of aromatic amines is 1. The van der Waals surface area contributed by atoms with Gasteiger partial charge in [0.1, 0.15) is 5.82 Å². The number of nitrogens with one attached hydrogen (secondary N) is 1. The van der Waals surface area contributed by atoms with Crippen LogP contribution >= 0.6 is 0 Å². The summed E-state index contributed by atoms with van der Waals surface area (Å²) in [6, 6.07) is 10.3. The molecule has 0 spiro atoms. The fourth-order valence-corrected chi connectivity index (χ4v) is 5.65. The number of pyridine rings is 2. The van der Waals surface area contributed by atoms with Crippen molar-refractivity contribution in [2.75, 3.05) is 44.2 Å². The largest absolute Gasteiger partial charge is 0.354 e. The van der Waals surface area contributed by atoms with E-state index in [-0.39, 0.29) is 23.8 Å². The van der Waals surface area contributed by atoms with Crippen LogP contribution in [-0.4, -0.2) is 69.7 Å². The van der Waals surface area contributed by atoms with E-state index in [9.17, 15) is 9.59 Å². The van der Waals surface area contributed by atoms with Crippen molar-refractivity contribution in [2.45, 2.75) is 46.6 Å². The molecule has 0 saturated carbocycles. The van der Waals surface area contributed by atoms with Crippen LogP contribution < -0.4 is 16.2 Å². The zero-order valence-corrected chi connectivity index (χ0v) is 23.9. The van der Waals surface area contributed by atoms with E-state index in [0.29, 0.717) is 24.1 Å². The second-order valence-electron chi connectivity index (χ2n) is 11.0. The Morgan fingerprint density at radius 3 is 2.48 bits per heavy atom. The molecule has 0 atom stereocenters. The smallest absolute Gasteiger partial charge is 0.251 e. The van der Waals surface area contributed by atoms with Gasteiger partial charge in [0.2, 0.25) is 0 Å². The molecule has 210 valence electrons. The van der Waals surface area contributed by atoms with Crippen molar-refractivity contribution in [1.82, 2.24) is 24.6 Å². The van der Waals surface area contributed by atoms with E-state index in [2.05, 4.69) is 51.9 Å². The number of benzene rings is 1. The lowest BCUT2D eigenvalue weighted by atomic mass is 9.95. The molecule has 5 rings (SSSR count). The van der Waals surface area contributed by atoms with E-state index in [1.165, 1.54) is 0 Å². The molecule has 1 saturated heterocycles. The minimum atomic E-state index is -0.121. The summed E-state index contributed by atoms with van der Waals surface area (Å²) >= 11 is 0. The highest BCUT2D eigenvalue weighted by atomic mass is 16.1. The van der Waals surface area contributed by atoms with Crippen LogP contribution in [0.15, 0.2) is 47.5 Å². The Kier molecular flexibility index (Phi) is 8.14. The fraction of sp³-hybridized carbons (Fsp3) is 0.419. The summed E-state index contributed by atoms with van der Waals surface area (Å²) in [7, 11) is 0. The third kappa shape index (κ3) is 5.71. The third-order valence-corrected chi connectivity index (χ3v) is 7.82. The zero-order valence-electron chi connectivity index (χ0n) is 23.9. The number of rotatable bonds is 9. The Hall–Kier alpha value is -3.82. The zero-order chi connectivity index (χ0) is 28.4. The molecule has 0 unspecified atom stereocenters. The van der Waals surface area contributed by atoms with Crippen molar-refractivity contribution < 1.29 is 4.79 Å². The highest BCUT2D eigenvalue weighted by molar-refractivity contribution is 6.09. The summed E-state index contributed by atoms with van der Waals surface area (Å²) in [4.78, 5) is 38.5. The molecule has 9 nitrogen and oxygen atoms in total. The average Bonchev–Trinajstić information content (AvgIpc) is 3.37. The van der Waals surface area contributed by atoms with Crippen molar-refractivity contribution in [3.63, 3.8) is 0 Å².